The van der Waals surface area contributed by atoms with Gasteiger partial charge in [0.15, 0.2) is 0 Å². The zero-order chi connectivity index (χ0) is 21.0. The molecule has 164 valence electrons. The Bertz CT molecular complexity index is 872. The van der Waals surface area contributed by atoms with E-state index in [1.54, 1.807) is 19.9 Å². The Labute approximate surface area is 183 Å². The number of nitrogens with zero attached hydrogens (tertiary/aromatic N) is 4. The topological polar surface area (TPSA) is 65.9 Å². The van der Waals surface area contributed by atoms with Crippen molar-refractivity contribution in [3.8, 4) is 0 Å². The Morgan fingerprint density at radius 2 is 1.63 bits per heavy atom. The van der Waals surface area contributed by atoms with Gasteiger partial charge < -0.3 is 9.47 Å². The number of hydrogen-bond donors (Lipinski definition) is 0. The lowest BCUT2D eigenvalue weighted by Gasteiger charge is -2.31. The summed E-state index contributed by atoms with van der Waals surface area (Å²) < 4.78 is 31.3. The fraction of sp³-hybridized carbons (Fsp3) is 0.571. The maximum absolute atomic E-state index is 13.1. The van der Waals surface area contributed by atoms with Gasteiger partial charge in [-0.05, 0) is 53.8 Å². The molecule has 0 spiro atoms. The van der Waals surface area contributed by atoms with Gasteiger partial charge in [0.25, 0.3) is 10.2 Å². The van der Waals surface area contributed by atoms with Crippen LogP contribution in [0.4, 0.5) is 0 Å². The second-order valence-electron chi connectivity index (χ2n) is 8.01. The molecule has 2 aliphatic heterocycles. The van der Waals surface area contributed by atoms with Crippen molar-refractivity contribution in [2.24, 2.45) is 0 Å². The molecule has 2 aliphatic rings. The number of carbonyl (C=O) groups excluding carboxylic acids is 1. The van der Waals surface area contributed by atoms with E-state index in [0.717, 1.165) is 24.8 Å². The second kappa shape index (κ2) is 9.64. The molecule has 4 rings (SSSR count). The number of carbonyl (C=O) groups is 1. The third kappa shape index (κ3) is 4.80. The van der Waals surface area contributed by atoms with E-state index < -0.39 is 10.2 Å². The van der Waals surface area contributed by atoms with Gasteiger partial charge >= 0.3 is 0 Å². The van der Waals surface area contributed by atoms with Crippen molar-refractivity contribution in [2.45, 2.75) is 38.1 Å². The molecule has 2 saturated heterocycles. The molecule has 4 heterocycles. The second-order valence-corrected chi connectivity index (χ2v) is 10.7. The van der Waals surface area contributed by atoms with Crippen molar-refractivity contribution in [1.29, 1.82) is 0 Å². The minimum atomic E-state index is -3.43. The van der Waals surface area contributed by atoms with Crippen LogP contribution in [0.5, 0.6) is 0 Å². The largest absolute Gasteiger partial charge is 0.346 e. The highest BCUT2D eigenvalue weighted by Gasteiger charge is 2.33. The monoisotopic (exact) mass is 450 g/mol. The standard InChI is InChI=1S/C21H30N4O3S2/c26-21(17-20(19-7-16-29-18-19)22-8-4-5-9-22)23-10-6-13-25(15-14-23)30(27,28)24-11-2-1-3-12-24/h4-5,7-9,16,18,20H,1-3,6,10-15,17H2/t20-/m1/s1. The van der Waals surface area contributed by atoms with E-state index in [-0.39, 0.29) is 11.9 Å². The fourth-order valence-corrected chi connectivity index (χ4v) is 6.77. The van der Waals surface area contributed by atoms with Gasteiger partial charge in [0.05, 0.1) is 12.5 Å². The zero-order valence-electron chi connectivity index (χ0n) is 17.2. The summed E-state index contributed by atoms with van der Waals surface area (Å²) in [6.45, 7) is 3.13. The Hall–Kier alpha value is -1.68. The molecule has 0 aliphatic carbocycles. The van der Waals surface area contributed by atoms with Crippen molar-refractivity contribution in [3.05, 3.63) is 46.9 Å². The van der Waals surface area contributed by atoms with E-state index in [4.69, 9.17) is 0 Å². The molecule has 0 N–H and O–H groups in total. The van der Waals surface area contributed by atoms with Crippen molar-refractivity contribution in [1.82, 2.24) is 18.1 Å². The SMILES string of the molecule is O=C(C[C@H](c1ccsc1)n1cccc1)N1CCCN(S(=O)(=O)N2CCCCC2)CC1. The summed E-state index contributed by atoms with van der Waals surface area (Å²) in [5, 5.41) is 4.12. The van der Waals surface area contributed by atoms with Gasteiger partial charge in [0.1, 0.15) is 0 Å². The quantitative estimate of drug-likeness (QED) is 0.680. The maximum atomic E-state index is 13.1. The van der Waals surface area contributed by atoms with Crippen molar-refractivity contribution in [2.75, 3.05) is 39.3 Å². The molecule has 0 radical (unpaired) electrons. The minimum absolute atomic E-state index is 0.0322. The van der Waals surface area contributed by atoms with E-state index in [0.29, 0.717) is 52.1 Å². The average Bonchev–Trinajstić information content (AvgIpc) is 3.43. The lowest BCUT2D eigenvalue weighted by Crippen LogP contribution is -2.47. The van der Waals surface area contributed by atoms with Crippen molar-refractivity contribution in [3.63, 3.8) is 0 Å². The third-order valence-corrected chi connectivity index (χ3v) is 8.80. The molecule has 7 nitrogen and oxygen atoms in total. The van der Waals surface area contributed by atoms with Crippen LogP contribution in [0.3, 0.4) is 0 Å². The predicted octanol–water partition coefficient (Wildman–Crippen LogP) is 2.79. The van der Waals surface area contributed by atoms with E-state index in [9.17, 15) is 13.2 Å². The summed E-state index contributed by atoms with van der Waals surface area (Å²) in [4.78, 5) is 15.0. The highest BCUT2D eigenvalue weighted by atomic mass is 32.2. The molecule has 0 unspecified atom stereocenters. The third-order valence-electron chi connectivity index (χ3n) is 6.06. The smallest absolute Gasteiger partial charge is 0.282 e. The molecule has 2 fully saturated rings. The van der Waals surface area contributed by atoms with Crippen LogP contribution < -0.4 is 0 Å². The fourth-order valence-electron chi connectivity index (χ4n) is 4.34. The molecule has 9 heteroatoms. The van der Waals surface area contributed by atoms with Crippen molar-refractivity contribution >= 4 is 27.5 Å². The Kier molecular flexibility index (Phi) is 6.92. The number of rotatable bonds is 6. The lowest BCUT2D eigenvalue weighted by molar-refractivity contribution is -0.131. The van der Waals surface area contributed by atoms with Crippen molar-refractivity contribution < 1.29 is 13.2 Å². The van der Waals surface area contributed by atoms with E-state index >= 15 is 0 Å². The first-order valence-electron chi connectivity index (χ1n) is 10.7. The minimum Gasteiger partial charge on any atom is -0.346 e. The summed E-state index contributed by atoms with van der Waals surface area (Å²) >= 11 is 1.63. The normalized spacial score (nSPS) is 20.7. The molecular weight excluding hydrogens is 420 g/mol. The van der Waals surface area contributed by atoms with Gasteiger partial charge in [0, 0.05) is 51.7 Å². The Morgan fingerprint density at radius 1 is 0.933 bits per heavy atom. The van der Waals surface area contributed by atoms with Gasteiger partial charge in [-0.3, -0.25) is 4.79 Å². The van der Waals surface area contributed by atoms with Gasteiger partial charge in [-0.2, -0.15) is 28.4 Å². The molecule has 2 aromatic heterocycles. The molecule has 1 atom stereocenters. The number of thiophene rings is 1. The van der Waals surface area contributed by atoms with Crippen LogP contribution in [0.1, 0.15) is 43.7 Å². The van der Waals surface area contributed by atoms with Crippen LogP contribution in [0.2, 0.25) is 0 Å². The van der Waals surface area contributed by atoms with Crippen LogP contribution in [0.25, 0.3) is 0 Å². The molecule has 0 saturated carbocycles. The first kappa shape index (κ1) is 21.5. The number of hydrogen-bond acceptors (Lipinski definition) is 4. The van der Waals surface area contributed by atoms with Gasteiger partial charge in [-0.15, -0.1) is 0 Å². The van der Waals surface area contributed by atoms with Gasteiger partial charge in [0.2, 0.25) is 5.91 Å². The average molecular weight is 451 g/mol. The first-order chi connectivity index (χ1) is 14.6. The Balaban J connectivity index is 1.40. The van der Waals surface area contributed by atoms with Crippen LogP contribution in [0.15, 0.2) is 41.4 Å². The molecule has 1 amide bonds. The molecule has 0 aromatic carbocycles. The number of amides is 1. The summed E-state index contributed by atoms with van der Waals surface area (Å²) in [6, 6.07) is 5.98. The summed E-state index contributed by atoms with van der Waals surface area (Å²) in [5.74, 6) is 0.0807. The van der Waals surface area contributed by atoms with Crippen LogP contribution >= 0.6 is 11.3 Å². The highest BCUT2D eigenvalue weighted by Crippen LogP contribution is 2.26. The molecule has 30 heavy (non-hydrogen) atoms. The van der Waals surface area contributed by atoms with Crippen LogP contribution in [-0.4, -0.2) is 71.7 Å². The first-order valence-corrected chi connectivity index (χ1v) is 13.1. The number of aromatic nitrogens is 1. The predicted molar refractivity (Wildman–Crippen MR) is 119 cm³/mol. The summed E-state index contributed by atoms with van der Waals surface area (Å²) in [7, 11) is -3.43. The van der Waals surface area contributed by atoms with Crippen LogP contribution in [-0.2, 0) is 15.0 Å². The lowest BCUT2D eigenvalue weighted by atomic mass is 10.1. The zero-order valence-corrected chi connectivity index (χ0v) is 18.9. The van der Waals surface area contributed by atoms with Crippen LogP contribution in [0, 0.1) is 0 Å². The summed E-state index contributed by atoms with van der Waals surface area (Å²) in [6.07, 6.45) is 7.99. The Morgan fingerprint density at radius 3 is 2.33 bits per heavy atom. The molecule has 2 aromatic rings. The van der Waals surface area contributed by atoms with E-state index in [1.807, 2.05) is 34.8 Å². The highest BCUT2D eigenvalue weighted by molar-refractivity contribution is 7.86. The summed E-state index contributed by atoms with van der Waals surface area (Å²) in [5.41, 5.74) is 1.13. The molecular formula is C21H30N4O3S2. The van der Waals surface area contributed by atoms with E-state index in [2.05, 4.69) is 16.0 Å². The van der Waals surface area contributed by atoms with Gasteiger partial charge in [-0.1, -0.05) is 6.42 Å². The van der Waals surface area contributed by atoms with Gasteiger partial charge in [-0.25, -0.2) is 0 Å². The van der Waals surface area contributed by atoms with E-state index in [1.165, 1.54) is 0 Å². The maximum Gasteiger partial charge on any atom is 0.282 e. The molecule has 0 bridgehead atoms. The number of piperidine rings is 1.